The molecule has 172 valence electrons. The highest BCUT2D eigenvalue weighted by atomic mass is 32.1. The van der Waals surface area contributed by atoms with Crippen LogP contribution in [-0.2, 0) is 11.3 Å². The number of aromatic amines is 1. The van der Waals surface area contributed by atoms with Gasteiger partial charge in [0.25, 0.3) is 5.56 Å². The Kier molecular flexibility index (Phi) is 6.50. The molecule has 3 aliphatic rings. The normalized spacial score (nSPS) is 20.9. The van der Waals surface area contributed by atoms with Crippen molar-refractivity contribution in [1.29, 1.82) is 0 Å². The zero-order chi connectivity index (χ0) is 21.9. The van der Waals surface area contributed by atoms with Gasteiger partial charge < -0.3 is 29.4 Å². The lowest BCUT2D eigenvalue weighted by Gasteiger charge is -2.36. The Hall–Kier alpha value is -2.32. The second kappa shape index (κ2) is 9.67. The number of hydrogen-bond donors (Lipinski definition) is 2. The Morgan fingerprint density at radius 2 is 1.81 bits per heavy atom. The Morgan fingerprint density at radius 3 is 2.56 bits per heavy atom. The smallest absolute Gasteiger partial charge is 0.253 e. The van der Waals surface area contributed by atoms with E-state index in [2.05, 4.69) is 15.2 Å². The van der Waals surface area contributed by atoms with E-state index in [9.17, 15) is 4.79 Å². The first-order valence-electron chi connectivity index (χ1n) is 11.8. The minimum atomic E-state index is -0.0862. The van der Waals surface area contributed by atoms with Gasteiger partial charge in [-0.3, -0.25) is 4.79 Å². The molecule has 1 saturated carbocycles. The third-order valence-electron chi connectivity index (χ3n) is 6.71. The lowest BCUT2D eigenvalue weighted by Crippen LogP contribution is -2.48. The van der Waals surface area contributed by atoms with E-state index < -0.39 is 0 Å². The van der Waals surface area contributed by atoms with Gasteiger partial charge in [0.05, 0.1) is 18.2 Å². The average Bonchev–Trinajstić information content (AvgIpc) is 3.34. The number of ether oxygens (including phenoxy) is 3. The van der Waals surface area contributed by atoms with Gasteiger partial charge in [-0.25, -0.2) is 0 Å². The fraction of sp³-hybridized carbons (Fsp3) is 0.583. The summed E-state index contributed by atoms with van der Waals surface area (Å²) in [6, 6.07) is 6.11. The molecule has 0 amide bonds. The molecule has 8 heteroatoms. The molecular weight excluding hydrogens is 426 g/mol. The van der Waals surface area contributed by atoms with Crippen LogP contribution in [0.4, 0.5) is 0 Å². The van der Waals surface area contributed by atoms with Gasteiger partial charge in [-0.2, -0.15) is 0 Å². The summed E-state index contributed by atoms with van der Waals surface area (Å²) in [7, 11) is 0. The summed E-state index contributed by atoms with van der Waals surface area (Å²) < 4.78 is 17.1. The SMILES string of the molecule is O=c1[nH]c2cc3c(cc2cc1CN(C(=S)NCC1CCCO1)C1CCCCC1)OCCO3. The van der Waals surface area contributed by atoms with Crippen LogP contribution in [-0.4, -0.2) is 53.5 Å². The largest absolute Gasteiger partial charge is 0.486 e. The van der Waals surface area contributed by atoms with E-state index in [1.807, 2.05) is 18.2 Å². The number of nitrogens with zero attached hydrogens (tertiary/aromatic N) is 1. The second-order valence-electron chi connectivity index (χ2n) is 8.95. The predicted molar refractivity (Wildman–Crippen MR) is 128 cm³/mol. The Balaban J connectivity index is 1.39. The monoisotopic (exact) mass is 457 g/mol. The van der Waals surface area contributed by atoms with E-state index in [0.717, 1.165) is 55.5 Å². The highest BCUT2D eigenvalue weighted by Gasteiger charge is 2.26. The fourth-order valence-electron chi connectivity index (χ4n) is 4.96. The number of benzene rings is 1. The number of aromatic nitrogens is 1. The molecule has 1 saturated heterocycles. The first-order valence-corrected chi connectivity index (χ1v) is 12.2. The van der Waals surface area contributed by atoms with Crippen molar-refractivity contribution in [2.45, 2.75) is 63.6 Å². The second-order valence-corrected chi connectivity index (χ2v) is 9.33. The molecule has 7 nitrogen and oxygen atoms in total. The maximum Gasteiger partial charge on any atom is 0.253 e. The predicted octanol–water partition coefficient (Wildman–Crippen LogP) is 3.49. The van der Waals surface area contributed by atoms with Crippen molar-refractivity contribution < 1.29 is 14.2 Å². The fourth-order valence-corrected chi connectivity index (χ4v) is 5.25. The number of rotatable bonds is 5. The maximum absolute atomic E-state index is 13.0. The molecule has 2 fully saturated rings. The first kappa shape index (κ1) is 21.5. The highest BCUT2D eigenvalue weighted by molar-refractivity contribution is 7.80. The Labute approximate surface area is 193 Å². The Bertz CT molecular complexity index is 1030. The van der Waals surface area contributed by atoms with Crippen LogP contribution >= 0.6 is 12.2 Å². The molecule has 1 aromatic carbocycles. The van der Waals surface area contributed by atoms with Crippen LogP contribution < -0.4 is 20.3 Å². The maximum atomic E-state index is 13.0. The molecule has 1 aliphatic carbocycles. The third-order valence-corrected chi connectivity index (χ3v) is 7.08. The zero-order valence-corrected chi connectivity index (χ0v) is 19.2. The molecule has 0 bridgehead atoms. The van der Waals surface area contributed by atoms with Crippen molar-refractivity contribution in [3.63, 3.8) is 0 Å². The minimum absolute atomic E-state index is 0.0862. The van der Waals surface area contributed by atoms with Gasteiger partial charge in [0.2, 0.25) is 0 Å². The van der Waals surface area contributed by atoms with E-state index in [1.165, 1.54) is 19.3 Å². The van der Waals surface area contributed by atoms with E-state index in [4.69, 9.17) is 26.4 Å². The number of H-pyrrole nitrogens is 1. The van der Waals surface area contributed by atoms with Gasteiger partial charge in [-0.1, -0.05) is 19.3 Å². The van der Waals surface area contributed by atoms with Gasteiger partial charge in [-0.15, -0.1) is 0 Å². The van der Waals surface area contributed by atoms with Gasteiger partial charge >= 0.3 is 0 Å². The van der Waals surface area contributed by atoms with Crippen molar-refractivity contribution in [3.8, 4) is 11.5 Å². The molecule has 2 N–H and O–H groups in total. The molecule has 1 aromatic heterocycles. The summed E-state index contributed by atoms with van der Waals surface area (Å²) in [6.07, 6.45) is 8.27. The standard InChI is InChI=1S/C24H31N3O4S/c28-23-17(11-16-12-21-22(13-20(16)26-23)31-10-9-30-21)15-27(18-5-2-1-3-6-18)24(32)25-14-19-7-4-8-29-19/h11-13,18-19H,1-10,14-15H2,(H,25,32)(H,26,28). The van der Waals surface area contributed by atoms with Crippen molar-refractivity contribution in [3.05, 3.63) is 34.1 Å². The average molecular weight is 458 g/mol. The molecular formula is C24H31N3O4S. The van der Waals surface area contributed by atoms with E-state index in [1.54, 1.807) is 0 Å². The van der Waals surface area contributed by atoms with E-state index in [0.29, 0.717) is 42.2 Å². The van der Waals surface area contributed by atoms with Gasteiger partial charge in [0.15, 0.2) is 16.6 Å². The van der Waals surface area contributed by atoms with Crippen LogP contribution in [0.5, 0.6) is 11.5 Å². The number of fused-ring (bicyclic) bond motifs is 2. The van der Waals surface area contributed by atoms with Gasteiger partial charge in [0.1, 0.15) is 13.2 Å². The molecule has 5 rings (SSSR count). The van der Waals surface area contributed by atoms with E-state index >= 15 is 0 Å². The highest BCUT2D eigenvalue weighted by Crippen LogP contribution is 2.34. The van der Waals surface area contributed by atoms with Gasteiger partial charge in [0, 0.05) is 36.2 Å². The third kappa shape index (κ3) is 4.71. The quantitative estimate of drug-likeness (QED) is 0.666. The molecule has 3 heterocycles. The summed E-state index contributed by atoms with van der Waals surface area (Å²) in [5, 5.41) is 5.08. The number of nitrogens with one attached hydrogen (secondary N) is 2. The lowest BCUT2D eigenvalue weighted by molar-refractivity contribution is 0.112. The van der Waals surface area contributed by atoms with Crippen molar-refractivity contribution in [1.82, 2.24) is 15.2 Å². The number of thiocarbonyl (C=S) groups is 1. The topological polar surface area (TPSA) is 75.8 Å². The summed E-state index contributed by atoms with van der Waals surface area (Å²) in [5.74, 6) is 1.40. The number of hydrogen-bond acceptors (Lipinski definition) is 5. The van der Waals surface area contributed by atoms with E-state index in [-0.39, 0.29) is 11.7 Å². The van der Waals surface area contributed by atoms with Crippen molar-refractivity contribution in [2.24, 2.45) is 0 Å². The molecule has 1 unspecified atom stereocenters. The van der Waals surface area contributed by atoms with Crippen molar-refractivity contribution in [2.75, 3.05) is 26.4 Å². The summed E-state index contributed by atoms with van der Waals surface area (Å²) in [4.78, 5) is 18.2. The molecule has 0 spiro atoms. The van der Waals surface area contributed by atoms with Crippen LogP contribution in [0.2, 0.25) is 0 Å². The van der Waals surface area contributed by atoms with Gasteiger partial charge in [-0.05, 0) is 50.0 Å². The van der Waals surface area contributed by atoms with Crippen LogP contribution in [0.1, 0.15) is 50.5 Å². The summed E-state index contributed by atoms with van der Waals surface area (Å²) in [5.41, 5.74) is 1.38. The first-order chi connectivity index (χ1) is 15.7. The lowest BCUT2D eigenvalue weighted by atomic mass is 9.94. The van der Waals surface area contributed by atoms with Crippen molar-refractivity contribution >= 4 is 28.2 Å². The van der Waals surface area contributed by atoms with Crippen LogP contribution in [0.25, 0.3) is 10.9 Å². The van der Waals surface area contributed by atoms with Crippen LogP contribution in [0, 0.1) is 0 Å². The molecule has 32 heavy (non-hydrogen) atoms. The molecule has 1 atom stereocenters. The molecule has 2 aromatic rings. The molecule has 0 radical (unpaired) electrons. The van der Waals surface area contributed by atoms with Crippen LogP contribution in [0.15, 0.2) is 23.0 Å². The summed E-state index contributed by atoms with van der Waals surface area (Å²) in [6.45, 7) is 3.10. The zero-order valence-electron chi connectivity index (χ0n) is 18.4. The Morgan fingerprint density at radius 1 is 1.03 bits per heavy atom. The molecule has 2 aliphatic heterocycles. The van der Waals surface area contributed by atoms with Crippen LogP contribution in [0.3, 0.4) is 0 Å². The number of pyridine rings is 1. The summed E-state index contributed by atoms with van der Waals surface area (Å²) >= 11 is 5.82. The minimum Gasteiger partial charge on any atom is -0.486 e.